The van der Waals surface area contributed by atoms with Crippen LogP contribution in [0.15, 0.2) is 48.5 Å². The van der Waals surface area contributed by atoms with Gasteiger partial charge in [0.1, 0.15) is 6.29 Å². The van der Waals surface area contributed by atoms with E-state index in [0.717, 1.165) is 30.6 Å². The van der Waals surface area contributed by atoms with Crippen molar-refractivity contribution in [2.75, 3.05) is 0 Å². The number of carbonyl (C=O) groups excluding carboxylic acids is 1. The Morgan fingerprint density at radius 1 is 0.920 bits per heavy atom. The van der Waals surface area contributed by atoms with E-state index < -0.39 is 0 Å². The molecule has 0 N–H and O–H groups in total. The third-order valence-corrected chi connectivity index (χ3v) is 5.51. The smallest absolute Gasteiger partial charge is 0.119 e. The molecule has 128 valence electrons. The monoisotopic (exact) mass is 331 g/mol. The summed E-state index contributed by atoms with van der Waals surface area (Å²) >= 11 is 0. The van der Waals surface area contributed by atoms with E-state index in [0.29, 0.717) is 11.5 Å². The highest BCUT2D eigenvalue weighted by Crippen LogP contribution is 2.38. The summed E-state index contributed by atoms with van der Waals surface area (Å²) in [4.78, 5) is 10.4. The Balaban J connectivity index is 1.57. The molecule has 0 aromatic heterocycles. The second kappa shape index (κ2) is 8.62. The maximum Gasteiger partial charge on any atom is 0.119 e. The summed E-state index contributed by atoms with van der Waals surface area (Å²) < 4.78 is 0. The van der Waals surface area contributed by atoms with Crippen molar-refractivity contribution >= 4 is 6.29 Å². The molecule has 0 heterocycles. The fourth-order valence-corrected chi connectivity index (χ4v) is 3.96. The fourth-order valence-electron chi connectivity index (χ4n) is 3.96. The first-order chi connectivity index (χ1) is 12.3. The standard InChI is InChI=1S/C23H25NO/c24-17-19-6-10-21(11-7-19)23-14-12-22(13-15-23)20-8-4-18(5-9-20)3-1-2-16-25/h6-7,10-16,18,20H,1-5,8-9H2. The lowest BCUT2D eigenvalue weighted by atomic mass is 9.77. The van der Waals surface area contributed by atoms with Crippen LogP contribution in [-0.2, 0) is 4.79 Å². The summed E-state index contributed by atoms with van der Waals surface area (Å²) in [6.45, 7) is 0. The number of unbranched alkanes of at least 4 members (excludes halogenated alkanes) is 1. The average Bonchev–Trinajstić information content (AvgIpc) is 2.69. The van der Waals surface area contributed by atoms with Gasteiger partial charge in [0.25, 0.3) is 0 Å². The van der Waals surface area contributed by atoms with Crippen molar-refractivity contribution < 1.29 is 4.79 Å². The minimum Gasteiger partial charge on any atom is -0.303 e. The highest BCUT2D eigenvalue weighted by molar-refractivity contribution is 5.64. The van der Waals surface area contributed by atoms with Gasteiger partial charge in [0.2, 0.25) is 0 Å². The van der Waals surface area contributed by atoms with Crippen LogP contribution >= 0.6 is 0 Å². The molecule has 2 nitrogen and oxygen atoms in total. The number of nitriles is 1. The Morgan fingerprint density at radius 3 is 2.08 bits per heavy atom. The number of hydrogen-bond donors (Lipinski definition) is 0. The lowest BCUT2D eigenvalue weighted by Gasteiger charge is -2.28. The first kappa shape index (κ1) is 17.4. The second-order valence-electron chi connectivity index (χ2n) is 7.13. The molecule has 1 aliphatic rings. The molecule has 0 radical (unpaired) electrons. The highest BCUT2D eigenvalue weighted by atomic mass is 16.1. The number of carbonyl (C=O) groups is 1. The van der Waals surface area contributed by atoms with Gasteiger partial charge >= 0.3 is 0 Å². The van der Waals surface area contributed by atoms with Crippen LogP contribution in [0, 0.1) is 17.2 Å². The van der Waals surface area contributed by atoms with Gasteiger partial charge in [-0.15, -0.1) is 0 Å². The zero-order valence-corrected chi connectivity index (χ0v) is 14.7. The number of hydrogen-bond acceptors (Lipinski definition) is 2. The predicted octanol–water partition coefficient (Wildman–Crippen LogP) is 5.87. The normalized spacial score (nSPS) is 20.0. The lowest BCUT2D eigenvalue weighted by Crippen LogP contribution is -2.13. The van der Waals surface area contributed by atoms with Gasteiger partial charge in [-0.25, -0.2) is 0 Å². The maximum absolute atomic E-state index is 10.4. The number of benzene rings is 2. The van der Waals surface area contributed by atoms with Crippen molar-refractivity contribution in [3.05, 3.63) is 59.7 Å². The van der Waals surface area contributed by atoms with Gasteiger partial charge < -0.3 is 4.79 Å². The van der Waals surface area contributed by atoms with E-state index in [9.17, 15) is 4.79 Å². The summed E-state index contributed by atoms with van der Waals surface area (Å²) in [6.07, 6.45) is 9.14. The van der Waals surface area contributed by atoms with E-state index >= 15 is 0 Å². The van der Waals surface area contributed by atoms with Crippen molar-refractivity contribution in [1.82, 2.24) is 0 Å². The Bertz CT molecular complexity index is 716. The van der Waals surface area contributed by atoms with E-state index in [2.05, 4.69) is 30.3 Å². The van der Waals surface area contributed by atoms with Gasteiger partial charge in [0.05, 0.1) is 11.6 Å². The third kappa shape index (κ3) is 4.57. The van der Waals surface area contributed by atoms with Gasteiger partial charge in [-0.05, 0) is 72.8 Å². The van der Waals surface area contributed by atoms with Crippen molar-refractivity contribution in [3.63, 3.8) is 0 Å². The minimum absolute atomic E-state index is 0.678. The zero-order valence-electron chi connectivity index (χ0n) is 14.7. The van der Waals surface area contributed by atoms with Gasteiger partial charge in [-0.1, -0.05) is 42.8 Å². The van der Waals surface area contributed by atoms with E-state index in [1.165, 1.54) is 43.2 Å². The summed E-state index contributed by atoms with van der Waals surface area (Å²) in [5.74, 6) is 1.49. The van der Waals surface area contributed by atoms with Crippen molar-refractivity contribution in [1.29, 1.82) is 5.26 Å². The molecule has 0 bridgehead atoms. The number of nitrogens with zero attached hydrogens (tertiary/aromatic N) is 1. The topological polar surface area (TPSA) is 40.9 Å². The molecule has 0 unspecified atom stereocenters. The fraction of sp³-hybridized carbons (Fsp3) is 0.391. The molecule has 25 heavy (non-hydrogen) atoms. The summed E-state index contributed by atoms with van der Waals surface area (Å²) in [6, 6.07) is 18.9. The van der Waals surface area contributed by atoms with E-state index in [-0.39, 0.29) is 0 Å². The lowest BCUT2D eigenvalue weighted by molar-refractivity contribution is -0.108. The van der Waals surface area contributed by atoms with Gasteiger partial charge in [0, 0.05) is 6.42 Å². The van der Waals surface area contributed by atoms with Crippen LogP contribution in [0.3, 0.4) is 0 Å². The van der Waals surface area contributed by atoms with Gasteiger partial charge in [-0.2, -0.15) is 5.26 Å². The van der Waals surface area contributed by atoms with Crippen LogP contribution in [0.5, 0.6) is 0 Å². The predicted molar refractivity (Wildman–Crippen MR) is 101 cm³/mol. The largest absolute Gasteiger partial charge is 0.303 e. The molecule has 0 aliphatic heterocycles. The van der Waals surface area contributed by atoms with Crippen molar-refractivity contribution in [2.45, 2.75) is 50.9 Å². The highest BCUT2D eigenvalue weighted by Gasteiger charge is 2.22. The SMILES string of the molecule is N#Cc1ccc(-c2ccc(C3CCC(CCCC=O)CC3)cc2)cc1. The van der Waals surface area contributed by atoms with Crippen LogP contribution in [0.2, 0.25) is 0 Å². The van der Waals surface area contributed by atoms with Gasteiger partial charge in [-0.3, -0.25) is 0 Å². The van der Waals surface area contributed by atoms with Crippen LogP contribution in [0.25, 0.3) is 11.1 Å². The minimum atomic E-state index is 0.678. The molecular weight excluding hydrogens is 306 g/mol. The van der Waals surface area contributed by atoms with Crippen LogP contribution < -0.4 is 0 Å². The Hall–Kier alpha value is -2.40. The molecular formula is C23H25NO. The molecule has 0 atom stereocenters. The molecule has 0 spiro atoms. The van der Waals surface area contributed by atoms with Crippen LogP contribution in [-0.4, -0.2) is 6.29 Å². The zero-order chi connectivity index (χ0) is 17.5. The molecule has 0 amide bonds. The first-order valence-electron chi connectivity index (χ1n) is 9.34. The van der Waals surface area contributed by atoms with Crippen molar-refractivity contribution in [2.24, 2.45) is 5.92 Å². The average molecular weight is 331 g/mol. The van der Waals surface area contributed by atoms with Gasteiger partial charge in [0.15, 0.2) is 0 Å². The summed E-state index contributed by atoms with van der Waals surface area (Å²) in [7, 11) is 0. The Kier molecular flexibility index (Phi) is 6.01. The van der Waals surface area contributed by atoms with E-state index in [1.54, 1.807) is 0 Å². The third-order valence-electron chi connectivity index (χ3n) is 5.51. The first-order valence-corrected chi connectivity index (χ1v) is 9.34. The Morgan fingerprint density at radius 2 is 1.52 bits per heavy atom. The molecule has 2 heteroatoms. The maximum atomic E-state index is 10.4. The molecule has 2 aromatic carbocycles. The quantitative estimate of drug-likeness (QED) is 0.491. The second-order valence-corrected chi connectivity index (χ2v) is 7.13. The summed E-state index contributed by atoms with van der Waals surface area (Å²) in [5.41, 5.74) is 4.51. The number of aldehydes is 1. The van der Waals surface area contributed by atoms with Crippen molar-refractivity contribution in [3.8, 4) is 17.2 Å². The number of rotatable bonds is 6. The van der Waals surface area contributed by atoms with E-state index in [4.69, 9.17) is 5.26 Å². The molecule has 3 rings (SSSR count). The summed E-state index contributed by atoms with van der Waals surface area (Å²) in [5, 5.41) is 8.89. The van der Waals surface area contributed by atoms with Crippen LogP contribution in [0.4, 0.5) is 0 Å². The Labute approximate surface area is 150 Å². The molecule has 2 aromatic rings. The molecule has 1 saturated carbocycles. The van der Waals surface area contributed by atoms with E-state index in [1.807, 2.05) is 24.3 Å². The molecule has 1 fully saturated rings. The molecule has 1 aliphatic carbocycles. The molecule has 0 saturated heterocycles. The van der Waals surface area contributed by atoms with Crippen LogP contribution in [0.1, 0.15) is 62.0 Å².